The van der Waals surface area contributed by atoms with E-state index < -0.39 is 0 Å². The van der Waals surface area contributed by atoms with Crippen LogP contribution in [0.15, 0.2) is 71.7 Å². The summed E-state index contributed by atoms with van der Waals surface area (Å²) in [6, 6.07) is 21.1. The van der Waals surface area contributed by atoms with Crippen LogP contribution in [-0.4, -0.2) is 51.9 Å². The van der Waals surface area contributed by atoms with Crippen LogP contribution < -0.4 is 19.7 Å². The quantitative estimate of drug-likeness (QED) is 0.506. The minimum Gasteiger partial charge on any atom is -0.493 e. The van der Waals surface area contributed by atoms with Gasteiger partial charge in [0.1, 0.15) is 6.54 Å². The summed E-state index contributed by atoms with van der Waals surface area (Å²) in [6.45, 7) is 0.582. The van der Waals surface area contributed by atoms with E-state index in [4.69, 9.17) is 9.47 Å². The first kappa shape index (κ1) is 24.0. The minimum absolute atomic E-state index is 0.00105. The zero-order valence-electron chi connectivity index (χ0n) is 20.2. The molecule has 35 heavy (non-hydrogen) atoms. The molecule has 0 aliphatic carbocycles. The van der Waals surface area contributed by atoms with E-state index in [0.29, 0.717) is 35.0 Å². The van der Waals surface area contributed by atoms with E-state index in [1.165, 1.54) is 5.56 Å². The van der Waals surface area contributed by atoms with Gasteiger partial charge in [-0.15, -0.1) is 0 Å². The van der Waals surface area contributed by atoms with Crippen molar-refractivity contribution in [2.45, 2.75) is 12.8 Å². The molecule has 180 valence electrons. The van der Waals surface area contributed by atoms with Gasteiger partial charge in [-0.3, -0.25) is 14.6 Å². The van der Waals surface area contributed by atoms with Gasteiger partial charge in [-0.25, -0.2) is 0 Å². The average Bonchev–Trinajstić information content (AvgIpc) is 3.02. The number of carbonyl (C=O) groups excluding carboxylic acids is 2. The Morgan fingerprint density at radius 2 is 1.74 bits per heavy atom. The van der Waals surface area contributed by atoms with Gasteiger partial charge in [0.05, 0.1) is 25.6 Å². The third-order valence-electron chi connectivity index (χ3n) is 6.03. The highest BCUT2D eigenvalue weighted by Gasteiger charge is 2.25. The molecule has 0 aromatic heterocycles. The maximum Gasteiger partial charge on any atom is 0.251 e. The third kappa shape index (κ3) is 5.35. The van der Waals surface area contributed by atoms with Crippen molar-refractivity contribution in [3.8, 4) is 11.5 Å². The maximum absolute atomic E-state index is 12.8. The van der Waals surface area contributed by atoms with Crippen molar-refractivity contribution in [3.05, 3.63) is 89.0 Å². The van der Waals surface area contributed by atoms with Gasteiger partial charge < -0.3 is 19.7 Å². The van der Waals surface area contributed by atoms with Crippen LogP contribution in [0.4, 0.5) is 5.69 Å². The first-order chi connectivity index (χ1) is 17.0. The zero-order valence-corrected chi connectivity index (χ0v) is 20.2. The molecule has 7 heteroatoms. The Bertz CT molecular complexity index is 1250. The van der Waals surface area contributed by atoms with Gasteiger partial charge in [-0.1, -0.05) is 42.5 Å². The third-order valence-corrected chi connectivity index (χ3v) is 6.03. The molecule has 0 saturated carbocycles. The normalized spacial score (nSPS) is 12.9. The van der Waals surface area contributed by atoms with Gasteiger partial charge in [-0.05, 0) is 36.6 Å². The van der Waals surface area contributed by atoms with E-state index in [1.54, 1.807) is 38.3 Å². The molecule has 0 bridgehead atoms. The number of aliphatic imine (C=N–C) groups is 1. The van der Waals surface area contributed by atoms with E-state index in [9.17, 15) is 9.59 Å². The molecular weight excluding hydrogens is 442 g/mol. The standard InChI is InChI=1S/C28H29N3O4/c1-31-23-17-25(35-3)24(34-2)16-22(23)27(30-18-26(31)32)20-12-7-13-21(15-20)28(33)29-14-8-11-19-9-5-4-6-10-19/h4-7,9-10,12-13,15-17H,8,11,14,18H2,1-3H3,(H,29,33). The summed E-state index contributed by atoms with van der Waals surface area (Å²) in [5.41, 5.74) is 4.56. The predicted molar refractivity (Wildman–Crippen MR) is 137 cm³/mol. The number of nitrogens with zero attached hydrogens (tertiary/aromatic N) is 2. The fourth-order valence-electron chi connectivity index (χ4n) is 4.10. The first-order valence-corrected chi connectivity index (χ1v) is 11.5. The molecule has 1 N–H and O–H groups in total. The van der Waals surface area contributed by atoms with Gasteiger partial charge in [0.25, 0.3) is 5.91 Å². The molecule has 2 amide bonds. The topological polar surface area (TPSA) is 80.2 Å². The number of nitrogens with one attached hydrogen (secondary N) is 1. The molecular formula is C28H29N3O4. The van der Waals surface area contributed by atoms with Crippen molar-refractivity contribution < 1.29 is 19.1 Å². The van der Waals surface area contributed by atoms with Crippen LogP contribution in [0.2, 0.25) is 0 Å². The molecule has 1 heterocycles. The highest BCUT2D eigenvalue weighted by Crippen LogP contribution is 2.37. The number of ether oxygens (including phenoxy) is 2. The lowest BCUT2D eigenvalue weighted by Gasteiger charge is -2.20. The van der Waals surface area contributed by atoms with Gasteiger partial charge in [0.2, 0.25) is 5.91 Å². The molecule has 0 atom stereocenters. The molecule has 3 aromatic carbocycles. The second-order valence-corrected chi connectivity index (χ2v) is 8.27. The summed E-state index contributed by atoms with van der Waals surface area (Å²) in [6.07, 6.45) is 1.76. The molecule has 1 aliphatic rings. The number of rotatable bonds is 8. The van der Waals surface area contributed by atoms with Crippen LogP contribution in [0.3, 0.4) is 0 Å². The summed E-state index contributed by atoms with van der Waals surface area (Å²) in [4.78, 5) is 31.6. The van der Waals surface area contributed by atoms with Crippen molar-refractivity contribution in [2.24, 2.45) is 4.99 Å². The van der Waals surface area contributed by atoms with Gasteiger partial charge in [0.15, 0.2) is 11.5 Å². The predicted octanol–water partition coefficient (Wildman–Crippen LogP) is 3.88. The smallest absolute Gasteiger partial charge is 0.251 e. The number of anilines is 1. The van der Waals surface area contributed by atoms with Crippen LogP contribution in [0.5, 0.6) is 11.5 Å². The highest BCUT2D eigenvalue weighted by molar-refractivity contribution is 6.20. The lowest BCUT2D eigenvalue weighted by Crippen LogP contribution is -2.27. The Balaban J connectivity index is 1.57. The Labute approximate surface area is 205 Å². The molecule has 1 aliphatic heterocycles. The van der Waals surface area contributed by atoms with Crippen LogP contribution in [-0.2, 0) is 11.2 Å². The molecule has 0 saturated heterocycles. The largest absolute Gasteiger partial charge is 0.493 e. The lowest BCUT2D eigenvalue weighted by atomic mass is 9.97. The number of aryl methyl sites for hydroxylation is 1. The monoisotopic (exact) mass is 471 g/mol. The number of fused-ring (bicyclic) bond motifs is 1. The number of methoxy groups -OCH3 is 2. The summed E-state index contributed by atoms with van der Waals surface area (Å²) < 4.78 is 10.9. The summed E-state index contributed by atoms with van der Waals surface area (Å²) in [7, 11) is 4.83. The number of hydrogen-bond donors (Lipinski definition) is 1. The summed E-state index contributed by atoms with van der Waals surface area (Å²) in [5.74, 6) is 0.778. The number of benzene rings is 3. The number of hydrogen-bond acceptors (Lipinski definition) is 5. The van der Waals surface area contributed by atoms with Crippen molar-refractivity contribution in [1.82, 2.24) is 5.32 Å². The molecule has 0 fully saturated rings. The number of carbonyl (C=O) groups is 2. The second-order valence-electron chi connectivity index (χ2n) is 8.27. The zero-order chi connectivity index (χ0) is 24.8. The number of likely N-dealkylation sites (N-methyl/N-ethyl adjacent to an activating group) is 1. The van der Waals surface area contributed by atoms with Crippen LogP contribution in [0.25, 0.3) is 0 Å². The van der Waals surface area contributed by atoms with E-state index in [0.717, 1.165) is 24.0 Å². The highest BCUT2D eigenvalue weighted by atomic mass is 16.5. The van der Waals surface area contributed by atoms with Crippen LogP contribution in [0.1, 0.15) is 33.5 Å². The fraction of sp³-hybridized carbons (Fsp3) is 0.250. The first-order valence-electron chi connectivity index (χ1n) is 11.5. The second kappa shape index (κ2) is 10.9. The van der Waals surface area contributed by atoms with E-state index in [-0.39, 0.29) is 18.4 Å². The van der Waals surface area contributed by atoms with Crippen LogP contribution >= 0.6 is 0 Å². The molecule has 3 aromatic rings. The van der Waals surface area contributed by atoms with Crippen molar-refractivity contribution >= 4 is 23.2 Å². The maximum atomic E-state index is 12.8. The lowest BCUT2D eigenvalue weighted by molar-refractivity contribution is -0.116. The fourth-order valence-corrected chi connectivity index (χ4v) is 4.10. The van der Waals surface area contributed by atoms with Gasteiger partial charge in [-0.2, -0.15) is 0 Å². The molecule has 0 unspecified atom stereocenters. The molecule has 0 spiro atoms. The average molecular weight is 472 g/mol. The molecule has 0 radical (unpaired) electrons. The van der Waals surface area contributed by atoms with Crippen LogP contribution in [0, 0.1) is 0 Å². The Morgan fingerprint density at radius 1 is 1.00 bits per heavy atom. The van der Waals surface area contributed by atoms with E-state index >= 15 is 0 Å². The van der Waals surface area contributed by atoms with Crippen molar-refractivity contribution in [2.75, 3.05) is 39.3 Å². The Morgan fingerprint density at radius 3 is 2.49 bits per heavy atom. The SMILES string of the molecule is COc1cc2c(cc1OC)N(C)C(=O)CN=C2c1cccc(C(=O)NCCCc2ccccc2)c1. The molecule has 4 rings (SSSR count). The summed E-state index contributed by atoms with van der Waals surface area (Å²) >= 11 is 0. The van der Waals surface area contributed by atoms with Crippen molar-refractivity contribution in [3.63, 3.8) is 0 Å². The van der Waals surface area contributed by atoms with E-state index in [1.807, 2.05) is 42.5 Å². The van der Waals surface area contributed by atoms with Crippen molar-refractivity contribution in [1.29, 1.82) is 0 Å². The molecule has 7 nitrogen and oxygen atoms in total. The van der Waals surface area contributed by atoms with Gasteiger partial charge >= 0.3 is 0 Å². The Hall–Kier alpha value is -4.13. The minimum atomic E-state index is -0.144. The summed E-state index contributed by atoms with van der Waals surface area (Å²) in [5, 5.41) is 3.00. The van der Waals surface area contributed by atoms with Gasteiger partial charge in [0, 0.05) is 36.3 Å². The number of amides is 2. The Kier molecular flexibility index (Phi) is 7.45. The number of benzodiazepines with no additional fused rings is 1. The van der Waals surface area contributed by atoms with E-state index in [2.05, 4.69) is 22.4 Å².